The SMILES string of the molecule is [2H]c1c(Br)c([2H])c(C([2H])([2H])[2H])c([2H])c1N1C([2H])([2H])C([2H])([2H])N(C([2H])([2H])[2H])C([2H])([2H])C1([2H])[2H]. The summed E-state index contributed by atoms with van der Waals surface area (Å²) in [6, 6.07) is -3.03. The molecule has 0 amide bonds. The molecule has 0 aromatic heterocycles. The average Bonchev–Trinajstić information content (AvgIpc) is 2.51. The Bertz CT molecular complexity index is 905. The van der Waals surface area contributed by atoms with Crippen molar-refractivity contribution in [2.45, 2.75) is 6.85 Å². The van der Waals surface area contributed by atoms with Crippen LogP contribution >= 0.6 is 15.9 Å². The Morgan fingerprint density at radius 1 is 1.33 bits per heavy atom. The highest BCUT2D eigenvalue weighted by Gasteiger charge is 2.14. The van der Waals surface area contributed by atoms with Gasteiger partial charge in [-0.1, -0.05) is 15.9 Å². The quantitative estimate of drug-likeness (QED) is 0.782. The highest BCUT2D eigenvalue weighted by atomic mass is 79.9. The van der Waals surface area contributed by atoms with Crippen LogP contribution in [0.2, 0.25) is 0 Å². The second-order valence-electron chi connectivity index (χ2n) is 2.53. The first-order valence-electron chi connectivity index (χ1n) is 12.3. The van der Waals surface area contributed by atoms with Crippen LogP contribution < -0.4 is 4.90 Å². The van der Waals surface area contributed by atoms with Gasteiger partial charge in [0.15, 0.2) is 0 Å². The molecule has 0 radical (unpaired) electrons. The van der Waals surface area contributed by atoms with Gasteiger partial charge in [0, 0.05) is 49.9 Å². The van der Waals surface area contributed by atoms with Crippen LogP contribution in [0, 0.1) is 6.85 Å². The summed E-state index contributed by atoms with van der Waals surface area (Å²) >= 11 is 2.78. The number of halogens is 1. The number of likely N-dealkylation sites (N-methyl/N-ethyl adjacent to an activating group) is 1. The van der Waals surface area contributed by atoms with Crippen molar-refractivity contribution in [1.29, 1.82) is 0 Å². The zero-order valence-corrected chi connectivity index (χ0v) is 8.86. The molecule has 0 unspecified atom stereocenters. The maximum Gasteiger partial charge on any atom is 0.0657 e. The summed E-state index contributed by atoms with van der Waals surface area (Å²) in [4.78, 5) is -0.832. The molecule has 2 rings (SSSR count). The lowest BCUT2D eigenvalue weighted by atomic mass is 10.2. The summed E-state index contributed by atoms with van der Waals surface area (Å²) in [6.45, 7) is -21.8. The lowest BCUT2D eigenvalue weighted by Gasteiger charge is -2.34. The van der Waals surface area contributed by atoms with Crippen LogP contribution in [0.4, 0.5) is 5.69 Å². The van der Waals surface area contributed by atoms with Gasteiger partial charge in [-0.2, -0.15) is 0 Å². The normalized spacial score (nSPS) is 49.9. The Morgan fingerprint density at radius 2 is 2.13 bits per heavy atom. The van der Waals surface area contributed by atoms with Crippen molar-refractivity contribution in [1.82, 2.24) is 4.90 Å². The van der Waals surface area contributed by atoms with Crippen LogP contribution in [0.25, 0.3) is 0 Å². The minimum absolute atomic E-state index is 0.258. The molecule has 1 aliphatic heterocycles. The van der Waals surface area contributed by atoms with Crippen molar-refractivity contribution >= 4 is 21.6 Å². The standard InChI is InChI=1S/C12H17BrN2/c1-10-7-11(13)9-12(8-10)15-5-3-14(2)4-6-15/h7-9H,3-6H2,1-2H3/i1D3,2D3,3D2,4D2,5D2,6D2,7D,8D,9D. The molecule has 1 heterocycles. The first-order valence-corrected chi connectivity index (χ1v) is 4.57. The summed E-state index contributed by atoms with van der Waals surface area (Å²) in [6.07, 6.45) is 0. The van der Waals surface area contributed by atoms with Crippen LogP contribution in [0.5, 0.6) is 0 Å². The van der Waals surface area contributed by atoms with Gasteiger partial charge in [0.25, 0.3) is 0 Å². The molecular formula is C12H17BrN2. The number of piperazine rings is 1. The Morgan fingerprint density at radius 3 is 2.80 bits per heavy atom. The van der Waals surface area contributed by atoms with Gasteiger partial charge in [0.2, 0.25) is 0 Å². The zero-order valence-electron chi connectivity index (χ0n) is 24.3. The molecule has 2 nitrogen and oxygen atoms in total. The van der Waals surface area contributed by atoms with E-state index in [4.69, 9.17) is 23.3 Å². The predicted octanol–water partition coefficient (Wildman–Crippen LogP) is 2.51. The molecule has 0 saturated carbocycles. The van der Waals surface area contributed by atoms with Gasteiger partial charge in [-0.25, -0.2) is 0 Å². The van der Waals surface area contributed by atoms with E-state index in [0.717, 1.165) is 0 Å². The molecule has 82 valence electrons. The van der Waals surface area contributed by atoms with Crippen LogP contribution in [0.15, 0.2) is 22.6 Å². The number of benzene rings is 1. The van der Waals surface area contributed by atoms with Crippen molar-refractivity contribution in [2.24, 2.45) is 0 Å². The van der Waals surface area contributed by atoms with Crippen molar-refractivity contribution < 1.29 is 23.3 Å². The van der Waals surface area contributed by atoms with Gasteiger partial charge in [-0.05, 0) is 37.5 Å². The van der Waals surface area contributed by atoms with Crippen LogP contribution in [-0.4, -0.2) is 37.9 Å². The molecule has 0 bridgehead atoms. The first kappa shape index (κ1) is 2.49. The summed E-state index contributed by atoms with van der Waals surface area (Å²) < 4.78 is 134. The van der Waals surface area contributed by atoms with E-state index in [1.54, 1.807) is 0 Å². The summed E-state index contributed by atoms with van der Waals surface area (Å²) in [7, 11) is 0. The second kappa shape index (κ2) is 4.54. The minimum atomic E-state index is -3.77. The third kappa shape index (κ3) is 2.73. The topological polar surface area (TPSA) is 6.48 Å². The average molecular weight is 286 g/mol. The number of anilines is 1. The fourth-order valence-electron chi connectivity index (χ4n) is 0.905. The van der Waals surface area contributed by atoms with E-state index in [-0.39, 0.29) is 4.90 Å². The monoisotopic (exact) mass is 285 g/mol. The number of hydrogen-bond acceptors (Lipinski definition) is 2. The molecular weight excluding hydrogens is 252 g/mol. The second-order valence-corrected chi connectivity index (χ2v) is 3.32. The Kier molecular flexibility index (Phi) is 0.752. The fraction of sp³-hybridized carbons (Fsp3) is 0.500. The molecule has 3 heteroatoms. The molecule has 1 aliphatic rings. The maximum absolute atomic E-state index is 8.26. The van der Waals surface area contributed by atoms with E-state index in [0.29, 0.717) is 0 Å². The van der Waals surface area contributed by atoms with Gasteiger partial charge in [-0.3, -0.25) is 0 Å². The van der Waals surface area contributed by atoms with E-state index in [2.05, 4.69) is 15.9 Å². The van der Waals surface area contributed by atoms with Crippen molar-refractivity contribution in [3.05, 3.63) is 28.2 Å². The van der Waals surface area contributed by atoms with Crippen LogP contribution in [0.1, 0.15) is 28.9 Å². The molecule has 0 atom stereocenters. The number of hydrogen-bond donors (Lipinski definition) is 0. The van der Waals surface area contributed by atoms with E-state index in [1.165, 1.54) is 0 Å². The van der Waals surface area contributed by atoms with E-state index in [1.807, 2.05) is 0 Å². The number of nitrogens with zero attached hydrogens (tertiary/aromatic N) is 2. The Hall–Kier alpha value is -0.540. The Labute approximate surface area is 124 Å². The zero-order chi connectivity index (χ0) is 25.6. The predicted molar refractivity (Wildman–Crippen MR) is 68.6 cm³/mol. The molecule has 1 fully saturated rings. The van der Waals surface area contributed by atoms with E-state index < -0.39 is 78.6 Å². The first-order chi connectivity index (χ1) is 13.9. The Balaban J connectivity index is 3.07. The van der Waals surface area contributed by atoms with Gasteiger partial charge >= 0.3 is 0 Å². The highest BCUT2D eigenvalue weighted by molar-refractivity contribution is 9.10. The lowest BCUT2D eigenvalue weighted by molar-refractivity contribution is 0.313. The molecule has 0 N–H and O–H groups in total. The molecule has 15 heavy (non-hydrogen) atoms. The minimum Gasteiger partial charge on any atom is -0.369 e. The molecule has 1 saturated heterocycles. The summed E-state index contributed by atoms with van der Waals surface area (Å²) in [5.41, 5.74) is -2.17. The van der Waals surface area contributed by atoms with E-state index >= 15 is 0 Å². The van der Waals surface area contributed by atoms with Gasteiger partial charge < -0.3 is 9.80 Å². The van der Waals surface area contributed by atoms with Gasteiger partial charge in [-0.15, -0.1) is 0 Å². The van der Waals surface area contributed by atoms with Gasteiger partial charge in [0.05, 0.1) is 9.60 Å². The molecule has 0 spiro atoms. The van der Waals surface area contributed by atoms with Crippen LogP contribution in [0.3, 0.4) is 0 Å². The maximum atomic E-state index is 8.26. The summed E-state index contributed by atoms with van der Waals surface area (Å²) in [5, 5.41) is 0. The summed E-state index contributed by atoms with van der Waals surface area (Å²) in [5.74, 6) is 0. The van der Waals surface area contributed by atoms with Crippen molar-refractivity contribution in [3.63, 3.8) is 0 Å². The van der Waals surface area contributed by atoms with Gasteiger partial charge in [0.1, 0.15) is 0 Å². The molecule has 1 aromatic rings. The van der Waals surface area contributed by atoms with Crippen molar-refractivity contribution in [2.75, 3.05) is 37.9 Å². The third-order valence-electron chi connectivity index (χ3n) is 1.48. The van der Waals surface area contributed by atoms with Crippen LogP contribution in [-0.2, 0) is 0 Å². The highest BCUT2D eigenvalue weighted by Crippen LogP contribution is 2.23. The number of rotatable bonds is 1. The molecule has 0 aliphatic carbocycles. The fourth-order valence-corrected chi connectivity index (χ4v) is 1.29. The molecule has 1 aromatic carbocycles. The lowest BCUT2D eigenvalue weighted by Crippen LogP contribution is -2.44. The largest absolute Gasteiger partial charge is 0.369 e. The van der Waals surface area contributed by atoms with Crippen molar-refractivity contribution in [3.8, 4) is 0 Å². The van der Waals surface area contributed by atoms with E-state index in [9.17, 15) is 0 Å². The third-order valence-corrected chi connectivity index (χ3v) is 1.87. The smallest absolute Gasteiger partial charge is 0.0657 e.